The van der Waals surface area contributed by atoms with Crippen LogP contribution >= 0.6 is 22.7 Å². The third-order valence-electron chi connectivity index (χ3n) is 3.35. The van der Waals surface area contributed by atoms with Crippen LogP contribution in [0.1, 0.15) is 16.2 Å². The van der Waals surface area contributed by atoms with Gasteiger partial charge >= 0.3 is 0 Å². The van der Waals surface area contributed by atoms with E-state index in [9.17, 15) is 9.90 Å². The molecule has 1 unspecified atom stereocenters. The van der Waals surface area contributed by atoms with Gasteiger partial charge in [0.15, 0.2) is 0 Å². The predicted molar refractivity (Wildman–Crippen MR) is 90.7 cm³/mol. The summed E-state index contributed by atoms with van der Waals surface area (Å²) in [4.78, 5) is 17.6. The highest BCUT2D eigenvalue weighted by molar-refractivity contribution is 7.20. The Balaban J connectivity index is 1.56. The van der Waals surface area contributed by atoms with Gasteiger partial charge in [0.25, 0.3) is 5.91 Å². The van der Waals surface area contributed by atoms with Crippen molar-refractivity contribution in [2.45, 2.75) is 6.42 Å². The van der Waals surface area contributed by atoms with Crippen LogP contribution in [0.2, 0.25) is 0 Å². The van der Waals surface area contributed by atoms with E-state index in [0.29, 0.717) is 18.7 Å². The van der Waals surface area contributed by atoms with Crippen molar-refractivity contribution in [3.05, 3.63) is 52.7 Å². The van der Waals surface area contributed by atoms with Crippen molar-refractivity contribution >= 4 is 28.6 Å². The Morgan fingerprint density at radius 1 is 1.35 bits per heavy atom. The maximum atomic E-state index is 12.2. The van der Waals surface area contributed by atoms with Crippen LogP contribution in [0, 0.1) is 5.92 Å². The van der Waals surface area contributed by atoms with Gasteiger partial charge in [-0.25, -0.2) is 4.98 Å². The van der Waals surface area contributed by atoms with Gasteiger partial charge in [-0.2, -0.15) is 0 Å². The molecule has 5 nitrogen and oxygen atoms in total. The van der Waals surface area contributed by atoms with Gasteiger partial charge in [-0.1, -0.05) is 6.07 Å². The number of thiazole rings is 1. The number of hydrogen-bond acceptors (Lipinski definition) is 6. The summed E-state index contributed by atoms with van der Waals surface area (Å²) in [6.07, 6.45) is 2.19. The van der Waals surface area contributed by atoms with Crippen molar-refractivity contribution in [3.8, 4) is 9.88 Å². The Labute approximate surface area is 141 Å². The van der Waals surface area contributed by atoms with Gasteiger partial charge in [-0.05, 0) is 23.6 Å². The Hall–Kier alpha value is -1.96. The number of aliphatic hydroxyl groups is 1. The molecule has 120 valence electrons. The predicted octanol–water partition coefficient (Wildman–Crippen LogP) is 3.05. The van der Waals surface area contributed by atoms with E-state index in [1.165, 1.54) is 11.3 Å². The number of carbonyl (C=O) groups is 1. The third-order valence-corrected chi connectivity index (χ3v) is 5.23. The number of rotatable bonds is 7. The van der Waals surface area contributed by atoms with Crippen LogP contribution in [-0.4, -0.2) is 29.1 Å². The van der Waals surface area contributed by atoms with E-state index in [4.69, 9.17) is 4.42 Å². The van der Waals surface area contributed by atoms with E-state index in [-0.39, 0.29) is 18.4 Å². The molecule has 1 atom stereocenters. The van der Waals surface area contributed by atoms with Crippen molar-refractivity contribution in [2.75, 3.05) is 13.2 Å². The number of hydrogen-bond donors (Lipinski definition) is 2. The minimum atomic E-state index is -0.220. The van der Waals surface area contributed by atoms with Gasteiger partial charge in [0.05, 0.1) is 11.1 Å². The Bertz CT molecular complexity index is 735. The summed E-state index contributed by atoms with van der Waals surface area (Å²) in [5.74, 6) is 0.495. The van der Waals surface area contributed by atoms with Crippen LogP contribution < -0.4 is 5.32 Å². The summed E-state index contributed by atoms with van der Waals surface area (Å²) in [7, 11) is 0. The van der Waals surface area contributed by atoms with Crippen molar-refractivity contribution < 1.29 is 14.3 Å². The normalized spacial score (nSPS) is 12.2. The Kier molecular flexibility index (Phi) is 5.22. The minimum absolute atomic E-state index is 0.0154. The van der Waals surface area contributed by atoms with Gasteiger partial charge in [-0.15, -0.1) is 22.7 Å². The van der Waals surface area contributed by atoms with Crippen molar-refractivity contribution in [2.24, 2.45) is 5.92 Å². The molecule has 0 fully saturated rings. The van der Waals surface area contributed by atoms with Crippen molar-refractivity contribution in [1.29, 1.82) is 0 Å². The fourth-order valence-corrected chi connectivity index (χ4v) is 3.75. The molecule has 0 aromatic carbocycles. The summed E-state index contributed by atoms with van der Waals surface area (Å²) in [5, 5.41) is 16.8. The molecule has 3 aromatic heterocycles. The van der Waals surface area contributed by atoms with Crippen molar-refractivity contribution in [3.63, 3.8) is 0 Å². The van der Waals surface area contributed by atoms with Crippen LogP contribution in [0.25, 0.3) is 9.88 Å². The highest BCUT2D eigenvalue weighted by atomic mass is 32.1. The lowest BCUT2D eigenvalue weighted by atomic mass is 10.1. The SMILES string of the molecule is O=C(NCC(CO)Cc1ccco1)c1csc(-c2cccs2)n1. The first-order valence-corrected chi connectivity index (χ1v) is 8.93. The molecular weight excluding hydrogens is 332 g/mol. The second kappa shape index (κ2) is 7.54. The highest BCUT2D eigenvalue weighted by Crippen LogP contribution is 2.27. The number of nitrogens with zero attached hydrogens (tertiary/aromatic N) is 1. The van der Waals surface area contributed by atoms with Crippen LogP contribution in [0.3, 0.4) is 0 Å². The first-order chi connectivity index (χ1) is 11.3. The molecule has 0 spiro atoms. The average molecular weight is 348 g/mol. The van der Waals surface area contributed by atoms with E-state index in [1.807, 2.05) is 29.6 Å². The van der Waals surface area contributed by atoms with E-state index in [1.54, 1.807) is 23.0 Å². The molecule has 3 heterocycles. The molecular formula is C16H16N2O3S2. The lowest BCUT2D eigenvalue weighted by Gasteiger charge is -2.13. The fraction of sp³-hybridized carbons (Fsp3) is 0.250. The number of aromatic nitrogens is 1. The summed E-state index contributed by atoms with van der Waals surface area (Å²) < 4.78 is 5.27. The molecule has 1 amide bonds. The zero-order chi connectivity index (χ0) is 16.1. The van der Waals surface area contributed by atoms with E-state index in [0.717, 1.165) is 15.6 Å². The van der Waals surface area contributed by atoms with E-state index >= 15 is 0 Å². The smallest absolute Gasteiger partial charge is 0.270 e. The molecule has 23 heavy (non-hydrogen) atoms. The van der Waals surface area contributed by atoms with Crippen LogP contribution in [-0.2, 0) is 6.42 Å². The third kappa shape index (κ3) is 4.07. The lowest BCUT2D eigenvalue weighted by Crippen LogP contribution is -2.32. The summed E-state index contributed by atoms with van der Waals surface area (Å²) in [6.45, 7) is 0.361. The standard InChI is InChI=1S/C16H16N2O3S2/c19-9-11(7-12-3-1-5-21-12)8-17-15(20)13-10-23-16(18-13)14-4-2-6-22-14/h1-6,10-11,19H,7-9H2,(H,17,20). The van der Waals surface area contributed by atoms with Crippen LogP contribution in [0.5, 0.6) is 0 Å². The summed E-state index contributed by atoms with van der Waals surface area (Å²) in [5.41, 5.74) is 0.410. The maximum Gasteiger partial charge on any atom is 0.270 e. The molecule has 0 radical (unpaired) electrons. The van der Waals surface area contributed by atoms with Crippen LogP contribution in [0.4, 0.5) is 0 Å². The Morgan fingerprint density at radius 2 is 2.26 bits per heavy atom. The molecule has 0 aliphatic rings. The van der Waals surface area contributed by atoms with E-state index < -0.39 is 0 Å². The first kappa shape index (κ1) is 15.9. The Morgan fingerprint density at radius 3 is 2.96 bits per heavy atom. The topological polar surface area (TPSA) is 75.4 Å². The number of amides is 1. The molecule has 0 bridgehead atoms. The van der Waals surface area contributed by atoms with Gasteiger partial charge in [0.2, 0.25) is 0 Å². The second-order valence-electron chi connectivity index (χ2n) is 5.06. The van der Waals surface area contributed by atoms with Gasteiger partial charge < -0.3 is 14.8 Å². The van der Waals surface area contributed by atoms with Gasteiger partial charge in [-0.3, -0.25) is 4.79 Å². The highest BCUT2D eigenvalue weighted by Gasteiger charge is 2.15. The summed E-state index contributed by atoms with van der Waals surface area (Å²) >= 11 is 3.05. The van der Waals surface area contributed by atoms with Gasteiger partial charge in [0, 0.05) is 30.9 Å². The average Bonchev–Trinajstić information content (AvgIpc) is 3.32. The zero-order valence-corrected chi connectivity index (χ0v) is 13.9. The largest absolute Gasteiger partial charge is 0.469 e. The maximum absolute atomic E-state index is 12.2. The number of aliphatic hydroxyl groups excluding tert-OH is 1. The molecule has 0 aliphatic heterocycles. The minimum Gasteiger partial charge on any atom is -0.469 e. The van der Waals surface area contributed by atoms with Crippen molar-refractivity contribution in [1.82, 2.24) is 10.3 Å². The number of furan rings is 1. The molecule has 0 saturated carbocycles. The summed E-state index contributed by atoms with van der Waals surface area (Å²) in [6, 6.07) is 7.61. The number of thiophene rings is 1. The molecule has 3 rings (SSSR count). The quantitative estimate of drug-likeness (QED) is 0.688. The lowest BCUT2D eigenvalue weighted by molar-refractivity contribution is 0.0935. The second-order valence-corrected chi connectivity index (χ2v) is 6.86. The van der Waals surface area contributed by atoms with Gasteiger partial charge in [0.1, 0.15) is 16.5 Å². The molecule has 2 N–H and O–H groups in total. The molecule has 7 heteroatoms. The molecule has 3 aromatic rings. The first-order valence-electron chi connectivity index (χ1n) is 7.17. The van der Waals surface area contributed by atoms with Crippen LogP contribution in [0.15, 0.2) is 45.7 Å². The molecule has 0 saturated heterocycles. The van der Waals surface area contributed by atoms with E-state index in [2.05, 4.69) is 10.3 Å². The number of carbonyl (C=O) groups excluding carboxylic acids is 1. The number of nitrogens with one attached hydrogen (secondary N) is 1. The zero-order valence-electron chi connectivity index (χ0n) is 12.3. The fourth-order valence-electron chi connectivity index (χ4n) is 2.13. The monoisotopic (exact) mass is 348 g/mol. The molecule has 0 aliphatic carbocycles.